The number of hydrogen-bond acceptors (Lipinski definition) is 5. The minimum absolute atomic E-state index is 0.0607. The van der Waals surface area contributed by atoms with Crippen LogP contribution >= 0.6 is 0 Å². The van der Waals surface area contributed by atoms with E-state index in [4.69, 9.17) is 0 Å². The molecule has 0 saturated carbocycles. The SMILES string of the molecule is Cc1ccccc1CNC(=O)[C@@H]1CC(F)CN1C(=O)[C@@H](O)[C@H](Cc1ccccc1)NC(=O)c1cccc(O)c1C. The summed E-state index contributed by atoms with van der Waals surface area (Å²) < 4.78 is 14.5. The number of nitrogens with one attached hydrogen (secondary N) is 2. The maximum atomic E-state index is 14.5. The number of rotatable bonds is 9. The van der Waals surface area contributed by atoms with Gasteiger partial charge in [0, 0.05) is 24.1 Å². The van der Waals surface area contributed by atoms with Crippen LogP contribution in [0.1, 0.15) is 39.0 Å². The third-order valence-electron chi connectivity index (χ3n) is 7.35. The van der Waals surface area contributed by atoms with Crippen LogP contribution in [0.4, 0.5) is 4.39 Å². The molecule has 3 amide bonds. The second-order valence-electron chi connectivity index (χ2n) is 10.1. The van der Waals surface area contributed by atoms with Crippen molar-refractivity contribution in [3.63, 3.8) is 0 Å². The number of hydrogen-bond donors (Lipinski definition) is 4. The highest BCUT2D eigenvalue weighted by Crippen LogP contribution is 2.24. The van der Waals surface area contributed by atoms with E-state index in [0.717, 1.165) is 21.6 Å². The predicted molar refractivity (Wildman–Crippen MR) is 148 cm³/mol. The molecular weight excluding hydrogens is 513 g/mol. The summed E-state index contributed by atoms with van der Waals surface area (Å²) in [6.07, 6.45) is -3.26. The summed E-state index contributed by atoms with van der Waals surface area (Å²) in [7, 11) is 0. The van der Waals surface area contributed by atoms with Crippen LogP contribution in [0.25, 0.3) is 0 Å². The Morgan fingerprint density at radius 2 is 1.70 bits per heavy atom. The highest BCUT2D eigenvalue weighted by atomic mass is 19.1. The highest BCUT2D eigenvalue weighted by Gasteiger charge is 2.43. The summed E-state index contributed by atoms with van der Waals surface area (Å²) in [4.78, 5) is 40.8. The van der Waals surface area contributed by atoms with Gasteiger partial charge in [0.15, 0.2) is 6.10 Å². The van der Waals surface area contributed by atoms with Crippen LogP contribution in [0.15, 0.2) is 72.8 Å². The summed E-state index contributed by atoms with van der Waals surface area (Å²) in [6, 6.07) is 18.9. The fourth-order valence-electron chi connectivity index (χ4n) is 4.95. The molecule has 4 rings (SSSR count). The van der Waals surface area contributed by atoms with Crippen LogP contribution in [-0.2, 0) is 22.6 Å². The molecule has 1 aliphatic heterocycles. The van der Waals surface area contributed by atoms with E-state index in [1.807, 2.05) is 37.3 Å². The van der Waals surface area contributed by atoms with Crippen molar-refractivity contribution in [2.24, 2.45) is 0 Å². The molecule has 0 aliphatic carbocycles. The molecule has 40 heavy (non-hydrogen) atoms. The third-order valence-corrected chi connectivity index (χ3v) is 7.35. The van der Waals surface area contributed by atoms with E-state index in [0.29, 0.717) is 5.56 Å². The van der Waals surface area contributed by atoms with E-state index in [2.05, 4.69) is 10.6 Å². The third kappa shape index (κ3) is 6.66. The number of phenols is 1. The van der Waals surface area contributed by atoms with Crippen molar-refractivity contribution in [3.8, 4) is 5.75 Å². The Morgan fingerprint density at radius 3 is 2.42 bits per heavy atom. The molecule has 1 unspecified atom stereocenters. The molecule has 4 N–H and O–H groups in total. The molecule has 8 nitrogen and oxygen atoms in total. The van der Waals surface area contributed by atoms with E-state index in [1.54, 1.807) is 31.2 Å². The molecule has 0 bridgehead atoms. The van der Waals surface area contributed by atoms with Crippen LogP contribution in [0.3, 0.4) is 0 Å². The number of aryl methyl sites for hydroxylation is 1. The van der Waals surface area contributed by atoms with Crippen molar-refractivity contribution in [1.82, 2.24) is 15.5 Å². The van der Waals surface area contributed by atoms with Crippen LogP contribution < -0.4 is 10.6 Å². The first kappa shape index (κ1) is 28.8. The second-order valence-corrected chi connectivity index (χ2v) is 10.1. The van der Waals surface area contributed by atoms with Gasteiger partial charge in [0.1, 0.15) is 18.0 Å². The first-order chi connectivity index (χ1) is 19.2. The van der Waals surface area contributed by atoms with Crippen molar-refractivity contribution >= 4 is 17.7 Å². The average Bonchev–Trinajstić information content (AvgIpc) is 3.35. The fraction of sp³-hybridized carbons (Fsp3) is 0.323. The first-order valence-corrected chi connectivity index (χ1v) is 13.2. The fourth-order valence-corrected chi connectivity index (χ4v) is 4.95. The summed E-state index contributed by atoms with van der Waals surface area (Å²) in [5.41, 5.74) is 3.18. The van der Waals surface area contributed by atoms with Gasteiger partial charge in [-0.05, 0) is 49.1 Å². The zero-order chi connectivity index (χ0) is 28.8. The Hall–Kier alpha value is -4.24. The normalized spacial score (nSPS) is 18.1. The van der Waals surface area contributed by atoms with Crippen molar-refractivity contribution in [2.75, 3.05) is 6.54 Å². The Kier molecular flexibility index (Phi) is 9.16. The monoisotopic (exact) mass is 547 g/mol. The standard InChI is InChI=1S/C31H34FN3O5/c1-19-9-6-7-12-22(19)17-33-30(39)26-16-23(32)18-35(26)31(40)28(37)25(15-21-10-4-3-5-11-21)34-29(38)24-13-8-14-27(36)20(24)2/h3-14,23,25-26,28,36-37H,15-18H2,1-2H3,(H,33,39)(H,34,38)/t23?,25-,26-,28-/m0/s1. The number of nitrogens with zero attached hydrogens (tertiary/aromatic N) is 1. The number of carbonyl (C=O) groups excluding carboxylic acids is 3. The van der Waals surface area contributed by atoms with Gasteiger partial charge in [0.05, 0.1) is 12.6 Å². The van der Waals surface area contributed by atoms with Crippen LogP contribution in [0, 0.1) is 13.8 Å². The van der Waals surface area contributed by atoms with Gasteiger partial charge in [0.25, 0.3) is 11.8 Å². The van der Waals surface area contributed by atoms with Gasteiger partial charge in [-0.25, -0.2) is 4.39 Å². The van der Waals surface area contributed by atoms with Crippen molar-refractivity contribution in [3.05, 3.63) is 101 Å². The van der Waals surface area contributed by atoms with Crippen LogP contribution in [0.2, 0.25) is 0 Å². The number of halogens is 1. The summed E-state index contributed by atoms with van der Waals surface area (Å²) >= 11 is 0. The van der Waals surface area contributed by atoms with Gasteiger partial charge < -0.3 is 25.7 Å². The first-order valence-electron chi connectivity index (χ1n) is 13.2. The number of aromatic hydroxyl groups is 1. The zero-order valence-corrected chi connectivity index (χ0v) is 22.5. The summed E-state index contributed by atoms with van der Waals surface area (Å²) in [6.45, 7) is 3.39. The molecule has 0 spiro atoms. The molecular formula is C31H34FN3O5. The molecule has 0 aromatic heterocycles. The molecule has 210 valence electrons. The van der Waals surface area contributed by atoms with Crippen molar-refractivity contribution in [2.45, 2.75) is 57.6 Å². The molecule has 3 aromatic carbocycles. The lowest BCUT2D eigenvalue weighted by Gasteiger charge is -2.30. The van der Waals surface area contributed by atoms with E-state index >= 15 is 0 Å². The number of aliphatic hydroxyl groups is 1. The Bertz CT molecular complexity index is 1370. The number of benzene rings is 3. The maximum Gasteiger partial charge on any atom is 0.254 e. The van der Waals surface area contributed by atoms with E-state index in [9.17, 15) is 29.0 Å². The molecule has 0 radical (unpaired) electrons. The number of alkyl halides is 1. The van der Waals surface area contributed by atoms with Gasteiger partial charge in [-0.1, -0.05) is 60.7 Å². The van der Waals surface area contributed by atoms with E-state index < -0.39 is 42.1 Å². The Labute approximate surface area is 232 Å². The number of carbonyl (C=O) groups is 3. The Morgan fingerprint density at radius 1 is 1.00 bits per heavy atom. The predicted octanol–water partition coefficient (Wildman–Crippen LogP) is 2.97. The number of amides is 3. The number of aliphatic hydroxyl groups excluding tert-OH is 1. The minimum Gasteiger partial charge on any atom is -0.508 e. The van der Waals surface area contributed by atoms with Crippen molar-refractivity contribution in [1.29, 1.82) is 0 Å². The van der Waals surface area contributed by atoms with Gasteiger partial charge in [0.2, 0.25) is 5.91 Å². The molecule has 9 heteroatoms. The zero-order valence-electron chi connectivity index (χ0n) is 22.5. The maximum absolute atomic E-state index is 14.5. The number of phenolic OH excluding ortho intramolecular Hbond substituents is 1. The van der Waals surface area contributed by atoms with E-state index in [1.165, 1.54) is 18.2 Å². The lowest BCUT2D eigenvalue weighted by Crippen LogP contribution is -2.55. The van der Waals surface area contributed by atoms with Gasteiger partial charge >= 0.3 is 0 Å². The van der Waals surface area contributed by atoms with Crippen LogP contribution in [0.5, 0.6) is 5.75 Å². The molecule has 3 aromatic rings. The van der Waals surface area contributed by atoms with Gasteiger partial charge in [-0.15, -0.1) is 0 Å². The van der Waals surface area contributed by atoms with Gasteiger partial charge in [-0.3, -0.25) is 14.4 Å². The molecule has 1 saturated heterocycles. The minimum atomic E-state index is -1.75. The quantitative estimate of drug-likeness (QED) is 0.329. The smallest absolute Gasteiger partial charge is 0.254 e. The largest absolute Gasteiger partial charge is 0.508 e. The van der Waals surface area contributed by atoms with Gasteiger partial charge in [-0.2, -0.15) is 0 Å². The lowest BCUT2D eigenvalue weighted by molar-refractivity contribution is -0.146. The molecule has 4 atom stereocenters. The topological polar surface area (TPSA) is 119 Å². The summed E-state index contributed by atoms with van der Waals surface area (Å²) in [5.74, 6) is -2.00. The average molecular weight is 548 g/mol. The molecule has 1 heterocycles. The molecule has 1 fully saturated rings. The number of likely N-dealkylation sites (tertiary alicyclic amines) is 1. The van der Waals surface area contributed by atoms with Crippen LogP contribution in [-0.4, -0.2) is 63.7 Å². The summed E-state index contributed by atoms with van der Waals surface area (Å²) in [5, 5.41) is 26.8. The Balaban J connectivity index is 1.52. The highest BCUT2D eigenvalue weighted by molar-refractivity contribution is 5.97. The lowest BCUT2D eigenvalue weighted by atomic mass is 9.98. The van der Waals surface area contributed by atoms with Crippen molar-refractivity contribution < 1.29 is 29.0 Å². The second kappa shape index (κ2) is 12.7. The molecule has 1 aliphatic rings. The van der Waals surface area contributed by atoms with E-state index in [-0.39, 0.29) is 37.2 Å².